The predicted molar refractivity (Wildman–Crippen MR) is 118 cm³/mol. The molecule has 30 heavy (non-hydrogen) atoms. The third kappa shape index (κ3) is 4.95. The molecule has 0 aromatic heterocycles. The molecular weight excluding hydrogens is 378 g/mol. The lowest BCUT2D eigenvalue weighted by atomic mass is 10.1. The van der Waals surface area contributed by atoms with Crippen LogP contribution in [0.2, 0.25) is 0 Å². The number of phenols is 1. The number of amides is 1. The fraction of sp³-hybridized carbons (Fsp3) is 0.208. The maximum atomic E-state index is 13.3. The van der Waals surface area contributed by atoms with Gasteiger partial charge in [-0.05, 0) is 43.5 Å². The Morgan fingerprint density at radius 3 is 2.77 bits per heavy atom. The summed E-state index contributed by atoms with van der Waals surface area (Å²) in [5.74, 6) is -0.136. The Morgan fingerprint density at radius 1 is 1.40 bits per heavy atom. The number of aliphatic imine (C=N–C) groups is 1. The van der Waals surface area contributed by atoms with Gasteiger partial charge in [0.1, 0.15) is 29.5 Å². The van der Waals surface area contributed by atoms with Gasteiger partial charge in [0, 0.05) is 12.7 Å². The Kier molecular flexibility index (Phi) is 7.95. The number of hydrogen-bond acceptors (Lipinski definition) is 5. The molecule has 2 rings (SSSR count). The van der Waals surface area contributed by atoms with Crippen molar-refractivity contribution in [2.45, 2.75) is 20.3 Å². The van der Waals surface area contributed by atoms with E-state index in [9.17, 15) is 15.2 Å². The van der Waals surface area contributed by atoms with Gasteiger partial charge in [-0.15, -0.1) is 0 Å². The van der Waals surface area contributed by atoms with E-state index in [-0.39, 0.29) is 29.2 Å². The van der Waals surface area contributed by atoms with E-state index in [1.807, 2.05) is 38.1 Å². The molecule has 1 aliphatic rings. The maximum Gasteiger partial charge on any atom is 0.267 e. The van der Waals surface area contributed by atoms with Crippen LogP contribution in [0.25, 0.3) is 0 Å². The van der Waals surface area contributed by atoms with Crippen molar-refractivity contribution in [2.24, 2.45) is 4.99 Å². The number of carbonyl (C=O) groups excluding carboxylic acids is 1. The van der Waals surface area contributed by atoms with Crippen molar-refractivity contribution < 1.29 is 14.6 Å². The monoisotopic (exact) mass is 403 g/mol. The summed E-state index contributed by atoms with van der Waals surface area (Å²) >= 11 is 0. The van der Waals surface area contributed by atoms with Gasteiger partial charge in [-0.1, -0.05) is 43.5 Å². The van der Waals surface area contributed by atoms with Gasteiger partial charge in [0.15, 0.2) is 0 Å². The average molecular weight is 403 g/mol. The van der Waals surface area contributed by atoms with Crippen molar-refractivity contribution in [1.82, 2.24) is 4.90 Å². The molecule has 0 saturated carbocycles. The van der Waals surface area contributed by atoms with Gasteiger partial charge in [0.2, 0.25) is 0 Å². The SMILES string of the molecule is C=C/C=C\C(=C/C)COc1cc(C#N)cc(O)c1C(=O)N1CC/C(=C/C)C1=NC=C. The quantitative estimate of drug-likeness (QED) is 0.671. The molecule has 1 saturated heterocycles. The number of nitrogens with zero attached hydrogens (tertiary/aromatic N) is 3. The van der Waals surface area contributed by atoms with E-state index in [1.165, 1.54) is 23.2 Å². The Hall–Kier alpha value is -3.85. The lowest BCUT2D eigenvalue weighted by Gasteiger charge is -2.20. The number of nitriles is 1. The van der Waals surface area contributed by atoms with E-state index in [1.54, 1.807) is 12.2 Å². The zero-order valence-corrected chi connectivity index (χ0v) is 17.3. The molecule has 0 unspecified atom stereocenters. The summed E-state index contributed by atoms with van der Waals surface area (Å²) < 4.78 is 5.85. The number of carbonyl (C=O) groups is 1. The molecule has 1 aromatic rings. The number of benzene rings is 1. The fourth-order valence-corrected chi connectivity index (χ4v) is 3.04. The Morgan fingerprint density at radius 2 is 2.17 bits per heavy atom. The van der Waals surface area contributed by atoms with Gasteiger partial charge in [-0.25, -0.2) is 4.99 Å². The van der Waals surface area contributed by atoms with E-state index < -0.39 is 5.91 Å². The lowest BCUT2D eigenvalue weighted by molar-refractivity contribution is 0.0850. The van der Waals surface area contributed by atoms with Crippen LogP contribution in [0, 0.1) is 11.3 Å². The smallest absolute Gasteiger partial charge is 0.267 e. The van der Waals surface area contributed by atoms with Crippen LogP contribution < -0.4 is 4.74 Å². The number of likely N-dealkylation sites (tertiary alicyclic amines) is 1. The van der Waals surface area contributed by atoms with Crippen LogP contribution in [0.15, 0.2) is 78.0 Å². The van der Waals surface area contributed by atoms with E-state index in [0.717, 1.165) is 11.1 Å². The first-order valence-corrected chi connectivity index (χ1v) is 9.51. The third-order valence-electron chi connectivity index (χ3n) is 4.59. The summed E-state index contributed by atoms with van der Waals surface area (Å²) in [5, 5.41) is 19.8. The average Bonchev–Trinajstić information content (AvgIpc) is 3.16. The zero-order valence-electron chi connectivity index (χ0n) is 17.3. The summed E-state index contributed by atoms with van der Waals surface area (Å²) in [6.45, 7) is 11.6. The Bertz CT molecular complexity index is 1010. The zero-order chi connectivity index (χ0) is 22.1. The van der Waals surface area contributed by atoms with Crippen molar-refractivity contribution >= 4 is 11.7 Å². The van der Waals surface area contributed by atoms with E-state index in [0.29, 0.717) is 18.8 Å². The van der Waals surface area contributed by atoms with E-state index in [2.05, 4.69) is 18.2 Å². The molecule has 0 spiro atoms. The first kappa shape index (κ1) is 22.4. The van der Waals surface area contributed by atoms with Crippen molar-refractivity contribution in [2.75, 3.05) is 13.2 Å². The van der Waals surface area contributed by atoms with Gasteiger partial charge in [0.05, 0.1) is 11.6 Å². The van der Waals surface area contributed by atoms with Gasteiger partial charge in [-0.2, -0.15) is 5.26 Å². The molecule has 0 bridgehead atoms. The normalized spacial score (nSPS) is 16.8. The standard InChI is InChI=1S/C24H25N3O3/c1-5-9-10-17(6-2)16-30-21-14-18(15-25)13-20(28)22(21)24(29)27-12-11-19(7-3)23(27)26-8-4/h5-10,13-14,28H,1,4,11-12,16H2,2-3H3/b10-9-,17-6+,19-7-,26-23?. The van der Waals surface area contributed by atoms with Crippen LogP contribution >= 0.6 is 0 Å². The van der Waals surface area contributed by atoms with Crippen molar-refractivity contribution in [1.29, 1.82) is 5.26 Å². The minimum absolute atomic E-state index is 0.00808. The first-order valence-electron chi connectivity index (χ1n) is 9.51. The van der Waals surface area contributed by atoms with E-state index >= 15 is 0 Å². The molecular formula is C24H25N3O3. The highest BCUT2D eigenvalue weighted by Crippen LogP contribution is 2.33. The highest BCUT2D eigenvalue weighted by Gasteiger charge is 2.32. The van der Waals surface area contributed by atoms with E-state index in [4.69, 9.17) is 4.74 Å². The molecule has 1 aliphatic heterocycles. The molecule has 0 atom stereocenters. The molecule has 6 nitrogen and oxygen atoms in total. The summed E-state index contributed by atoms with van der Waals surface area (Å²) in [7, 11) is 0. The highest BCUT2D eigenvalue weighted by atomic mass is 16.5. The Labute approximate surface area is 177 Å². The van der Waals surface area contributed by atoms with Crippen LogP contribution in [0.1, 0.15) is 36.2 Å². The molecule has 0 radical (unpaired) electrons. The summed E-state index contributed by atoms with van der Waals surface area (Å²) in [6, 6.07) is 4.68. The van der Waals surface area contributed by atoms with Crippen LogP contribution in [-0.2, 0) is 0 Å². The minimum Gasteiger partial charge on any atom is -0.507 e. The number of phenolic OH excluding ortho intramolecular Hbond substituents is 1. The lowest BCUT2D eigenvalue weighted by Crippen LogP contribution is -2.33. The topological polar surface area (TPSA) is 85.9 Å². The van der Waals surface area contributed by atoms with Gasteiger partial charge in [0.25, 0.3) is 5.91 Å². The van der Waals surface area contributed by atoms with Crippen LogP contribution in [0.3, 0.4) is 0 Å². The van der Waals surface area contributed by atoms with Gasteiger partial charge < -0.3 is 9.84 Å². The third-order valence-corrected chi connectivity index (χ3v) is 4.59. The molecule has 1 aromatic carbocycles. The number of amidine groups is 1. The second-order valence-electron chi connectivity index (χ2n) is 6.38. The van der Waals surface area contributed by atoms with Gasteiger partial charge in [-0.3, -0.25) is 9.69 Å². The Balaban J connectivity index is 2.46. The molecule has 154 valence electrons. The number of hydrogen-bond donors (Lipinski definition) is 1. The predicted octanol–water partition coefficient (Wildman–Crippen LogP) is 4.67. The second kappa shape index (κ2) is 10.6. The van der Waals surface area contributed by atoms with Gasteiger partial charge >= 0.3 is 0 Å². The van der Waals surface area contributed by atoms with Crippen LogP contribution in [0.4, 0.5) is 0 Å². The largest absolute Gasteiger partial charge is 0.507 e. The summed E-state index contributed by atoms with van der Waals surface area (Å²) in [6.07, 6.45) is 11.0. The van der Waals surface area contributed by atoms with Crippen LogP contribution in [0.5, 0.6) is 11.5 Å². The molecule has 1 N–H and O–H groups in total. The van der Waals surface area contributed by atoms with Crippen LogP contribution in [-0.4, -0.2) is 34.9 Å². The molecule has 6 heteroatoms. The van der Waals surface area contributed by atoms with Crippen molar-refractivity contribution in [3.63, 3.8) is 0 Å². The number of rotatable bonds is 7. The van der Waals surface area contributed by atoms with Crippen molar-refractivity contribution in [3.05, 3.63) is 84.1 Å². The summed E-state index contributed by atoms with van der Waals surface area (Å²) in [5.41, 5.74) is 1.95. The summed E-state index contributed by atoms with van der Waals surface area (Å²) in [4.78, 5) is 19.1. The first-order chi connectivity index (χ1) is 14.5. The number of ether oxygens (including phenoxy) is 1. The molecule has 1 fully saturated rings. The maximum absolute atomic E-state index is 13.3. The minimum atomic E-state index is -0.451. The number of allylic oxidation sites excluding steroid dienone is 4. The van der Waals surface area contributed by atoms with Crippen molar-refractivity contribution in [3.8, 4) is 17.6 Å². The highest BCUT2D eigenvalue weighted by molar-refractivity contribution is 6.15. The fourth-order valence-electron chi connectivity index (χ4n) is 3.04. The molecule has 0 aliphatic carbocycles. The molecule has 1 amide bonds. The molecule has 1 heterocycles. The number of aromatic hydroxyl groups is 1. The second-order valence-corrected chi connectivity index (χ2v) is 6.38.